The molecule has 112 valence electrons. The van der Waals surface area contributed by atoms with Crippen molar-refractivity contribution in [2.75, 3.05) is 6.61 Å². The Morgan fingerprint density at radius 1 is 1.15 bits per heavy atom. The Hall–Kier alpha value is -1.03. The van der Waals surface area contributed by atoms with E-state index in [4.69, 9.17) is 8.92 Å². The standard InChI is InChI=1S/C12H16O7S/c1-7-2-4-8(5-3-7)20(16,17)19-9-6-18-12(15)11(14)10(9)13/h2-5,9-15H,6H2,1H3/t9-,10+,11-,12+/m1/s1. The highest BCUT2D eigenvalue weighted by Gasteiger charge is 2.40. The molecule has 1 aliphatic heterocycles. The fourth-order valence-electron chi connectivity index (χ4n) is 1.79. The molecule has 0 saturated carbocycles. The zero-order valence-electron chi connectivity index (χ0n) is 10.7. The van der Waals surface area contributed by atoms with E-state index >= 15 is 0 Å². The molecular formula is C12H16O7S. The van der Waals surface area contributed by atoms with Gasteiger partial charge in [-0.1, -0.05) is 17.7 Å². The molecule has 2 rings (SSSR count). The fourth-order valence-corrected chi connectivity index (χ4v) is 2.86. The molecule has 0 aromatic heterocycles. The quantitative estimate of drug-likeness (QED) is 0.623. The van der Waals surface area contributed by atoms with E-state index in [1.54, 1.807) is 12.1 Å². The van der Waals surface area contributed by atoms with E-state index in [1.807, 2.05) is 6.92 Å². The molecule has 0 radical (unpaired) electrons. The normalized spacial score (nSPS) is 31.2. The summed E-state index contributed by atoms with van der Waals surface area (Å²) in [5.41, 5.74) is 0.892. The van der Waals surface area contributed by atoms with Gasteiger partial charge in [-0.05, 0) is 19.1 Å². The molecule has 3 N–H and O–H groups in total. The second-order valence-corrected chi connectivity index (χ2v) is 6.18. The van der Waals surface area contributed by atoms with E-state index in [-0.39, 0.29) is 11.5 Å². The number of benzene rings is 1. The second-order valence-electron chi connectivity index (χ2n) is 4.61. The second kappa shape index (κ2) is 5.76. The first-order valence-corrected chi connectivity index (χ1v) is 7.38. The van der Waals surface area contributed by atoms with Crippen molar-refractivity contribution >= 4 is 10.1 Å². The third-order valence-electron chi connectivity index (χ3n) is 3.01. The first kappa shape index (κ1) is 15.4. The van der Waals surface area contributed by atoms with Gasteiger partial charge in [0.25, 0.3) is 10.1 Å². The average molecular weight is 304 g/mol. The maximum absolute atomic E-state index is 12.0. The number of aryl methyl sites for hydroxylation is 1. The highest BCUT2D eigenvalue weighted by atomic mass is 32.2. The summed E-state index contributed by atoms with van der Waals surface area (Å²) >= 11 is 0. The smallest absolute Gasteiger partial charge is 0.297 e. The number of rotatable bonds is 3. The van der Waals surface area contributed by atoms with Gasteiger partial charge in [-0.2, -0.15) is 8.42 Å². The van der Waals surface area contributed by atoms with Crippen molar-refractivity contribution in [2.24, 2.45) is 0 Å². The Labute approximate surface area is 116 Å². The van der Waals surface area contributed by atoms with Gasteiger partial charge in [0.2, 0.25) is 0 Å². The third kappa shape index (κ3) is 3.17. The van der Waals surface area contributed by atoms with Crippen LogP contribution in [0.1, 0.15) is 5.56 Å². The van der Waals surface area contributed by atoms with Crippen molar-refractivity contribution < 1.29 is 32.7 Å². The molecule has 1 saturated heterocycles. The molecular weight excluding hydrogens is 288 g/mol. The highest BCUT2D eigenvalue weighted by Crippen LogP contribution is 2.21. The molecule has 0 bridgehead atoms. The number of hydrogen-bond acceptors (Lipinski definition) is 7. The van der Waals surface area contributed by atoms with E-state index < -0.39 is 34.7 Å². The average Bonchev–Trinajstić information content (AvgIpc) is 2.40. The van der Waals surface area contributed by atoms with Gasteiger partial charge in [0, 0.05) is 0 Å². The summed E-state index contributed by atoms with van der Waals surface area (Å²) in [5, 5.41) is 28.3. The summed E-state index contributed by atoms with van der Waals surface area (Å²) in [6.07, 6.45) is -6.02. The molecule has 1 aromatic rings. The molecule has 0 aliphatic carbocycles. The van der Waals surface area contributed by atoms with E-state index in [0.29, 0.717) is 0 Å². The van der Waals surface area contributed by atoms with Gasteiger partial charge in [0.15, 0.2) is 6.29 Å². The molecule has 7 nitrogen and oxygen atoms in total. The minimum atomic E-state index is -4.08. The van der Waals surface area contributed by atoms with Crippen LogP contribution in [0.2, 0.25) is 0 Å². The lowest BCUT2D eigenvalue weighted by atomic mass is 10.1. The largest absolute Gasteiger partial charge is 0.387 e. The van der Waals surface area contributed by atoms with Gasteiger partial charge in [-0.3, -0.25) is 4.18 Å². The van der Waals surface area contributed by atoms with Gasteiger partial charge in [0.05, 0.1) is 11.5 Å². The zero-order valence-corrected chi connectivity index (χ0v) is 11.5. The summed E-state index contributed by atoms with van der Waals surface area (Å²) in [4.78, 5) is -0.0593. The molecule has 8 heteroatoms. The van der Waals surface area contributed by atoms with Crippen LogP contribution in [-0.4, -0.2) is 54.9 Å². The Morgan fingerprint density at radius 2 is 1.75 bits per heavy atom. The molecule has 1 aliphatic rings. The first-order chi connectivity index (χ1) is 9.31. The monoisotopic (exact) mass is 304 g/mol. The summed E-state index contributed by atoms with van der Waals surface area (Å²) in [6.45, 7) is 1.47. The Kier molecular flexibility index (Phi) is 4.43. The lowest BCUT2D eigenvalue weighted by Crippen LogP contribution is -2.54. The molecule has 1 fully saturated rings. The maximum atomic E-state index is 12.0. The Bertz CT molecular complexity index is 554. The van der Waals surface area contributed by atoms with Crippen LogP contribution in [0, 0.1) is 6.92 Å². The van der Waals surface area contributed by atoms with Gasteiger partial charge in [0.1, 0.15) is 18.3 Å². The molecule has 1 heterocycles. The van der Waals surface area contributed by atoms with Crippen LogP contribution in [0.3, 0.4) is 0 Å². The van der Waals surface area contributed by atoms with Crippen molar-refractivity contribution in [1.82, 2.24) is 0 Å². The lowest BCUT2D eigenvalue weighted by molar-refractivity contribution is -0.247. The SMILES string of the molecule is Cc1ccc(S(=O)(=O)O[C@@H]2CO[C@H](O)[C@H](O)[C@H]2O)cc1. The fraction of sp³-hybridized carbons (Fsp3) is 0.500. The van der Waals surface area contributed by atoms with Crippen LogP contribution in [0.4, 0.5) is 0 Å². The van der Waals surface area contributed by atoms with E-state index in [2.05, 4.69) is 0 Å². The van der Waals surface area contributed by atoms with Gasteiger partial charge >= 0.3 is 0 Å². The summed E-state index contributed by atoms with van der Waals surface area (Å²) in [7, 11) is -4.08. The Balaban J connectivity index is 2.14. The first-order valence-electron chi connectivity index (χ1n) is 5.97. The third-order valence-corrected chi connectivity index (χ3v) is 4.36. The van der Waals surface area contributed by atoms with Crippen molar-refractivity contribution in [3.63, 3.8) is 0 Å². The zero-order chi connectivity index (χ0) is 14.9. The van der Waals surface area contributed by atoms with Crippen LogP contribution >= 0.6 is 0 Å². The van der Waals surface area contributed by atoms with Crippen LogP contribution in [-0.2, 0) is 19.0 Å². The molecule has 4 atom stereocenters. The summed E-state index contributed by atoms with van der Waals surface area (Å²) < 4.78 is 33.6. The van der Waals surface area contributed by atoms with Crippen LogP contribution in [0.25, 0.3) is 0 Å². The van der Waals surface area contributed by atoms with Crippen LogP contribution in [0.5, 0.6) is 0 Å². The number of aliphatic hydroxyl groups excluding tert-OH is 3. The number of ether oxygens (including phenoxy) is 1. The molecule has 20 heavy (non-hydrogen) atoms. The molecule has 0 spiro atoms. The van der Waals surface area contributed by atoms with Crippen LogP contribution < -0.4 is 0 Å². The van der Waals surface area contributed by atoms with E-state index in [0.717, 1.165) is 5.56 Å². The predicted octanol–water partition coefficient (Wildman–Crippen LogP) is -0.861. The maximum Gasteiger partial charge on any atom is 0.297 e. The van der Waals surface area contributed by atoms with Crippen LogP contribution in [0.15, 0.2) is 29.2 Å². The van der Waals surface area contributed by atoms with Crippen molar-refractivity contribution in [2.45, 2.75) is 36.4 Å². The summed E-state index contributed by atoms with van der Waals surface area (Å²) in [6, 6.07) is 5.99. The predicted molar refractivity (Wildman–Crippen MR) is 67.2 cm³/mol. The minimum absolute atomic E-state index is 0.0593. The number of hydrogen-bond donors (Lipinski definition) is 3. The lowest BCUT2D eigenvalue weighted by Gasteiger charge is -2.34. The highest BCUT2D eigenvalue weighted by molar-refractivity contribution is 7.86. The van der Waals surface area contributed by atoms with Crippen molar-refractivity contribution in [3.05, 3.63) is 29.8 Å². The van der Waals surface area contributed by atoms with Gasteiger partial charge < -0.3 is 20.1 Å². The Morgan fingerprint density at radius 3 is 2.35 bits per heavy atom. The molecule has 0 amide bonds. The van der Waals surface area contributed by atoms with Gasteiger partial charge in [-0.15, -0.1) is 0 Å². The number of aliphatic hydroxyl groups is 3. The van der Waals surface area contributed by atoms with Crippen molar-refractivity contribution in [1.29, 1.82) is 0 Å². The topological polar surface area (TPSA) is 113 Å². The summed E-state index contributed by atoms with van der Waals surface area (Å²) in [5.74, 6) is 0. The molecule has 1 aromatic carbocycles. The van der Waals surface area contributed by atoms with Gasteiger partial charge in [-0.25, -0.2) is 0 Å². The van der Waals surface area contributed by atoms with E-state index in [1.165, 1.54) is 12.1 Å². The van der Waals surface area contributed by atoms with Crippen molar-refractivity contribution in [3.8, 4) is 0 Å². The van der Waals surface area contributed by atoms with E-state index in [9.17, 15) is 23.7 Å². The molecule has 0 unspecified atom stereocenters. The minimum Gasteiger partial charge on any atom is -0.387 e.